The zero-order valence-corrected chi connectivity index (χ0v) is 25.9. The average Bonchev–Trinajstić information content (AvgIpc) is 3.20. The number of aromatic hydroxyl groups is 1. The highest BCUT2D eigenvalue weighted by Crippen LogP contribution is 2.40. The average molecular weight is 583 g/mol. The summed E-state index contributed by atoms with van der Waals surface area (Å²) in [5, 5.41) is 11.1. The molecule has 1 heterocycles. The van der Waals surface area contributed by atoms with Gasteiger partial charge in [0.05, 0.1) is 28.4 Å². The van der Waals surface area contributed by atoms with Crippen molar-refractivity contribution in [3.8, 4) is 17.0 Å². The van der Waals surface area contributed by atoms with Crippen LogP contribution in [-0.4, -0.2) is 20.0 Å². The Bertz CT molecular complexity index is 1280. The molecule has 38 heavy (non-hydrogen) atoms. The van der Waals surface area contributed by atoms with Gasteiger partial charge in [-0.3, -0.25) is 4.79 Å². The lowest BCUT2D eigenvalue weighted by molar-refractivity contribution is 0.0970. The largest absolute Gasteiger partial charge is 0.507 e. The van der Waals surface area contributed by atoms with Crippen molar-refractivity contribution in [3.63, 3.8) is 0 Å². The molecule has 1 aromatic heterocycles. The molecule has 0 amide bonds. The molecule has 3 rings (SSSR count). The number of ketones is 1. The summed E-state index contributed by atoms with van der Waals surface area (Å²) in [5.74, 6) is 0.910. The molecule has 5 nitrogen and oxygen atoms in total. The molecule has 1 N–H and O–H groups in total. The fraction of sp³-hybridized carbons (Fsp3) is 0.500. The number of phenols is 1. The summed E-state index contributed by atoms with van der Waals surface area (Å²) < 4.78 is 8.62. The predicted molar refractivity (Wildman–Crippen MR) is 161 cm³/mol. The van der Waals surface area contributed by atoms with E-state index in [1.165, 1.54) is 0 Å². The van der Waals surface area contributed by atoms with Gasteiger partial charge in [0, 0.05) is 29.4 Å². The topological polar surface area (TPSA) is 59.5 Å². The van der Waals surface area contributed by atoms with Crippen LogP contribution in [0.3, 0.4) is 0 Å². The molecule has 0 atom stereocenters. The van der Waals surface area contributed by atoms with Crippen LogP contribution < -0.4 is 5.62 Å². The summed E-state index contributed by atoms with van der Waals surface area (Å²) in [6.07, 6.45) is 5.37. The third kappa shape index (κ3) is 6.69. The van der Waals surface area contributed by atoms with E-state index in [4.69, 9.17) is 0 Å². The number of imidazole rings is 1. The van der Waals surface area contributed by atoms with Gasteiger partial charge in [0.1, 0.15) is 5.75 Å². The van der Waals surface area contributed by atoms with E-state index in [1.54, 1.807) is 0 Å². The van der Waals surface area contributed by atoms with Crippen LogP contribution in [0.15, 0.2) is 52.7 Å². The number of phenolic OH excluding ortho intramolecular Hbond substituents is 1. The Balaban J connectivity index is 2.10. The van der Waals surface area contributed by atoms with Crippen molar-refractivity contribution in [3.05, 3.63) is 71.0 Å². The van der Waals surface area contributed by atoms with Crippen LogP contribution in [0.4, 0.5) is 0 Å². The third-order valence-electron chi connectivity index (χ3n) is 7.49. The molecule has 6 heteroatoms. The van der Waals surface area contributed by atoms with E-state index < -0.39 is 0 Å². The molecule has 0 saturated carbocycles. The number of hydrogen-bond donors (Lipinski definition) is 1. The molecule has 0 aliphatic carbocycles. The van der Waals surface area contributed by atoms with Gasteiger partial charge < -0.3 is 14.2 Å². The molecule has 3 aromatic rings. The van der Waals surface area contributed by atoms with Gasteiger partial charge in [-0.05, 0) is 40.9 Å². The van der Waals surface area contributed by atoms with Crippen molar-refractivity contribution in [1.82, 2.24) is 9.13 Å². The minimum atomic E-state index is -0.303. The molecule has 0 aliphatic heterocycles. The minimum Gasteiger partial charge on any atom is -0.507 e. The molecule has 0 saturated heterocycles. The van der Waals surface area contributed by atoms with E-state index in [2.05, 4.69) is 92.3 Å². The fourth-order valence-corrected chi connectivity index (χ4v) is 5.40. The Morgan fingerprint density at radius 3 is 2.00 bits per heavy atom. The SMILES string of the molecule is CCC(CC)CCn1c(-c2ccccc2)cn(CC(=O)c2cc(C(C)(C)C)c(O)c(C(C)(C)C)c2)/c1=N\Br. The van der Waals surface area contributed by atoms with E-state index in [0.717, 1.165) is 48.2 Å². The second-order valence-corrected chi connectivity index (χ2v) is 12.7. The fourth-order valence-electron chi connectivity index (χ4n) is 5.00. The second-order valence-electron chi connectivity index (χ2n) is 12.4. The molecule has 2 aromatic carbocycles. The highest BCUT2D eigenvalue weighted by molar-refractivity contribution is 9.08. The molecule has 0 unspecified atom stereocenters. The van der Waals surface area contributed by atoms with Crippen LogP contribution in [0.1, 0.15) is 96.1 Å². The smallest absolute Gasteiger partial charge is 0.217 e. The molecule has 0 fully saturated rings. The Hall–Kier alpha value is -2.60. The van der Waals surface area contributed by atoms with E-state index >= 15 is 0 Å². The highest BCUT2D eigenvalue weighted by Gasteiger charge is 2.28. The van der Waals surface area contributed by atoms with Crippen molar-refractivity contribution >= 4 is 21.9 Å². The first-order valence-electron chi connectivity index (χ1n) is 13.7. The van der Waals surface area contributed by atoms with Gasteiger partial charge in [-0.2, -0.15) is 4.02 Å². The van der Waals surface area contributed by atoms with E-state index in [-0.39, 0.29) is 28.9 Å². The van der Waals surface area contributed by atoms with E-state index in [1.807, 2.05) is 41.1 Å². The minimum absolute atomic E-state index is 0.0137. The first-order valence-corrected chi connectivity index (χ1v) is 14.4. The maximum absolute atomic E-state index is 13.8. The molecule has 0 spiro atoms. The number of carbonyl (C=O) groups excluding carboxylic acids is 1. The Kier molecular flexibility index (Phi) is 9.51. The standard InChI is InChI=1S/C32H44BrN3O2/c1-9-22(10-2)16-17-36-27(23-14-12-11-13-15-23)20-35(30(36)34-33)21-28(37)24-18-25(31(3,4)5)29(38)26(19-24)32(6,7)8/h11-15,18-20,22,38H,9-10,16-17,21H2,1-8H3/b34-30+. The Morgan fingerprint density at radius 2 is 1.53 bits per heavy atom. The summed E-state index contributed by atoms with van der Waals surface area (Å²) >= 11 is 3.36. The van der Waals surface area contributed by atoms with Gasteiger partial charge in [0.15, 0.2) is 5.78 Å². The number of nitrogens with zero attached hydrogens (tertiary/aromatic N) is 3. The van der Waals surface area contributed by atoms with Crippen LogP contribution in [0, 0.1) is 5.92 Å². The summed E-state index contributed by atoms with van der Waals surface area (Å²) in [4.78, 5) is 13.8. The van der Waals surface area contributed by atoms with Crippen LogP contribution in [0.25, 0.3) is 11.3 Å². The van der Waals surface area contributed by atoms with Crippen LogP contribution in [0.2, 0.25) is 0 Å². The Morgan fingerprint density at radius 1 is 0.974 bits per heavy atom. The summed E-state index contributed by atoms with van der Waals surface area (Å²) in [5.41, 5.74) is 4.43. The third-order valence-corrected chi connectivity index (χ3v) is 7.81. The molecular weight excluding hydrogens is 538 g/mol. The monoisotopic (exact) mass is 581 g/mol. The van der Waals surface area contributed by atoms with Gasteiger partial charge in [-0.15, -0.1) is 0 Å². The predicted octanol–water partition coefficient (Wildman–Crippen LogP) is 8.18. The van der Waals surface area contributed by atoms with Gasteiger partial charge in [0.25, 0.3) is 0 Å². The lowest BCUT2D eigenvalue weighted by Gasteiger charge is -2.28. The highest BCUT2D eigenvalue weighted by atomic mass is 79.9. The number of hydrogen-bond acceptors (Lipinski definition) is 3. The molecular formula is C32H44BrN3O2. The number of halogens is 1. The molecule has 0 aliphatic rings. The Labute approximate surface area is 237 Å². The first-order chi connectivity index (χ1) is 17.8. The van der Waals surface area contributed by atoms with Crippen molar-refractivity contribution in [2.75, 3.05) is 0 Å². The van der Waals surface area contributed by atoms with E-state index in [0.29, 0.717) is 17.1 Å². The molecule has 206 valence electrons. The second kappa shape index (κ2) is 12.1. The van der Waals surface area contributed by atoms with Crippen LogP contribution in [0.5, 0.6) is 5.75 Å². The maximum Gasteiger partial charge on any atom is 0.217 e. The van der Waals surface area contributed by atoms with Crippen molar-refractivity contribution in [2.24, 2.45) is 9.94 Å². The normalized spacial score (nSPS) is 12.9. The lowest BCUT2D eigenvalue weighted by Crippen LogP contribution is -2.29. The van der Waals surface area contributed by atoms with Crippen molar-refractivity contribution in [2.45, 2.75) is 98.6 Å². The maximum atomic E-state index is 13.8. The summed E-state index contributed by atoms with van der Waals surface area (Å²) in [7, 11) is 0. The number of aromatic nitrogens is 2. The van der Waals surface area contributed by atoms with Gasteiger partial charge >= 0.3 is 0 Å². The van der Waals surface area contributed by atoms with Crippen molar-refractivity contribution in [1.29, 1.82) is 0 Å². The quantitative estimate of drug-likeness (QED) is 0.259. The van der Waals surface area contributed by atoms with Gasteiger partial charge in [0.2, 0.25) is 5.62 Å². The molecule has 0 radical (unpaired) electrons. The summed E-state index contributed by atoms with van der Waals surface area (Å²) in [6.45, 7) is 17.8. The van der Waals surface area contributed by atoms with E-state index in [9.17, 15) is 9.90 Å². The zero-order valence-electron chi connectivity index (χ0n) is 24.3. The van der Waals surface area contributed by atoms with Crippen molar-refractivity contribution < 1.29 is 9.90 Å². The summed E-state index contributed by atoms with van der Waals surface area (Å²) in [6, 6.07) is 14.0. The number of carbonyl (C=O) groups is 1. The molecule has 0 bridgehead atoms. The zero-order chi connectivity index (χ0) is 28.3. The van der Waals surface area contributed by atoms with Gasteiger partial charge in [-0.1, -0.05) is 98.6 Å². The first kappa shape index (κ1) is 29.9. The van der Waals surface area contributed by atoms with Gasteiger partial charge in [-0.25, -0.2) is 0 Å². The number of rotatable bonds is 9. The number of benzene rings is 2. The van der Waals surface area contributed by atoms with Crippen LogP contribution >= 0.6 is 16.1 Å². The van der Waals surface area contributed by atoms with Crippen LogP contribution in [-0.2, 0) is 23.9 Å². The number of Topliss-reactive ketones (excluding diaryl/α,β-unsaturated/α-hetero) is 1. The lowest BCUT2D eigenvalue weighted by atomic mass is 9.78.